The Kier molecular flexibility index (Phi) is 7.22. The lowest BCUT2D eigenvalue weighted by molar-refractivity contribution is -0.114. The van der Waals surface area contributed by atoms with Crippen molar-refractivity contribution in [2.45, 2.75) is 19.8 Å². The van der Waals surface area contributed by atoms with E-state index < -0.39 is 0 Å². The molecule has 24 heavy (non-hydrogen) atoms. The van der Waals surface area contributed by atoms with Crippen LogP contribution in [0.4, 0.5) is 11.4 Å². The zero-order valence-corrected chi connectivity index (χ0v) is 15.0. The number of ether oxygens (including phenoxy) is 1. The third-order valence-electron chi connectivity index (χ3n) is 3.28. The number of nitrogens with one attached hydrogen (secondary N) is 2. The highest BCUT2D eigenvalue weighted by atomic mass is 35.5. The fourth-order valence-corrected chi connectivity index (χ4v) is 2.38. The van der Waals surface area contributed by atoms with Gasteiger partial charge in [-0.15, -0.1) is 0 Å². The Bertz CT molecular complexity index is 692. The molecule has 0 unspecified atom stereocenters. The van der Waals surface area contributed by atoms with Crippen molar-refractivity contribution in [3.63, 3.8) is 0 Å². The molecule has 2 aromatic rings. The fourth-order valence-electron chi connectivity index (χ4n) is 2.03. The van der Waals surface area contributed by atoms with Crippen LogP contribution in [0, 0.1) is 0 Å². The molecule has 0 bridgehead atoms. The maximum absolute atomic E-state index is 12.2. The second-order valence-corrected chi connectivity index (χ2v) is 6.07. The first-order valence-electron chi connectivity index (χ1n) is 7.80. The van der Waals surface area contributed by atoms with Gasteiger partial charge in [-0.2, -0.15) is 0 Å². The monoisotopic (exact) mass is 366 g/mol. The van der Waals surface area contributed by atoms with E-state index >= 15 is 0 Å². The first-order valence-corrected chi connectivity index (χ1v) is 8.56. The number of rotatable bonds is 8. The number of halogens is 2. The topological polar surface area (TPSA) is 50.4 Å². The zero-order chi connectivity index (χ0) is 17.4. The van der Waals surface area contributed by atoms with Crippen LogP contribution in [-0.2, 0) is 4.79 Å². The van der Waals surface area contributed by atoms with Crippen molar-refractivity contribution < 1.29 is 9.53 Å². The number of amides is 1. The van der Waals surface area contributed by atoms with Crippen molar-refractivity contribution in [1.29, 1.82) is 0 Å². The van der Waals surface area contributed by atoms with Crippen LogP contribution in [0.5, 0.6) is 5.75 Å². The van der Waals surface area contributed by atoms with Gasteiger partial charge in [0.25, 0.3) is 0 Å². The minimum absolute atomic E-state index is 0.0728. The third kappa shape index (κ3) is 5.62. The molecule has 0 radical (unpaired) electrons. The molecule has 2 rings (SSSR count). The van der Waals surface area contributed by atoms with Crippen LogP contribution in [0.3, 0.4) is 0 Å². The number of anilines is 2. The quantitative estimate of drug-likeness (QED) is 0.629. The van der Waals surface area contributed by atoms with Gasteiger partial charge in [0.2, 0.25) is 5.91 Å². The molecule has 0 fully saturated rings. The van der Waals surface area contributed by atoms with E-state index in [4.69, 9.17) is 27.9 Å². The highest BCUT2D eigenvalue weighted by Crippen LogP contribution is 2.26. The van der Waals surface area contributed by atoms with Gasteiger partial charge in [-0.3, -0.25) is 4.79 Å². The van der Waals surface area contributed by atoms with E-state index in [1.807, 2.05) is 24.3 Å². The second-order valence-electron chi connectivity index (χ2n) is 5.22. The summed E-state index contributed by atoms with van der Waals surface area (Å²) in [6.45, 7) is 2.80. The molecule has 2 aromatic carbocycles. The predicted octanol–water partition coefficient (Wildman–Crippen LogP) is 5.22. The van der Waals surface area contributed by atoms with Crippen molar-refractivity contribution >= 4 is 40.5 Å². The van der Waals surface area contributed by atoms with Gasteiger partial charge < -0.3 is 15.4 Å². The minimum Gasteiger partial charge on any atom is -0.491 e. The molecule has 0 saturated heterocycles. The average molecular weight is 367 g/mol. The van der Waals surface area contributed by atoms with E-state index in [-0.39, 0.29) is 12.5 Å². The maximum Gasteiger partial charge on any atom is 0.243 e. The minimum atomic E-state index is -0.197. The van der Waals surface area contributed by atoms with Crippen LogP contribution >= 0.6 is 23.2 Å². The fraction of sp³-hybridized carbons (Fsp3) is 0.278. The largest absolute Gasteiger partial charge is 0.491 e. The summed E-state index contributed by atoms with van der Waals surface area (Å²) in [5, 5.41) is 6.88. The standard InChI is InChI=1S/C18H20Cl2N2O2/c1-2-3-10-24-17-7-5-4-6-15(17)22-18(23)12-21-16-11-13(19)8-9-14(16)20/h4-9,11,21H,2-3,10,12H2,1H3,(H,22,23). The predicted molar refractivity (Wildman–Crippen MR) is 100 cm³/mol. The molecule has 0 atom stereocenters. The summed E-state index contributed by atoms with van der Waals surface area (Å²) in [7, 11) is 0. The molecular weight excluding hydrogens is 347 g/mol. The van der Waals surface area contributed by atoms with E-state index in [2.05, 4.69) is 17.6 Å². The highest BCUT2D eigenvalue weighted by molar-refractivity contribution is 6.35. The van der Waals surface area contributed by atoms with Crippen molar-refractivity contribution in [2.75, 3.05) is 23.8 Å². The van der Waals surface area contributed by atoms with Crippen LogP contribution in [0.1, 0.15) is 19.8 Å². The summed E-state index contributed by atoms with van der Waals surface area (Å²) in [5.41, 5.74) is 1.27. The number of unbranched alkanes of at least 4 members (excludes halogenated alkanes) is 1. The Balaban J connectivity index is 1.93. The first-order chi connectivity index (χ1) is 11.6. The molecule has 128 valence electrons. The van der Waals surface area contributed by atoms with Crippen molar-refractivity contribution in [2.24, 2.45) is 0 Å². The number of hydrogen-bond donors (Lipinski definition) is 2. The molecule has 0 heterocycles. The summed E-state index contributed by atoms with van der Waals surface area (Å²) >= 11 is 12.0. The number of hydrogen-bond acceptors (Lipinski definition) is 3. The van der Waals surface area contributed by atoms with E-state index in [9.17, 15) is 4.79 Å². The number of carbonyl (C=O) groups excluding carboxylic acids is 1. The maximum atomic E-state index is 12.2. The molecule has 4 nitrogen and oxygen atoms in total. The van der Waals surface area contributed by atoms with Gasteiger partial charge in [-0.1, -0.05) is 48.7 Å². The smallest absolute Gasteiger partial charge is 0.243 e. The van der Waals surface area contributed by atoms with E-state index in [0.29, 0.717) is 33.8 Å². The normalized spacial score (nSPS) is 10.3. The third-order valence-corrected chi connectivity index (χ3v) is 3.85. The van der Waals surface area contributed by atoms with Crippen LogP contribution in [0.15, 0.2) is 42.5 Å². The van der Waals surface area contributed by atoms with Gasteiger partial charge in [0.15, 0.2) is 0 Å². The number of para-hydroxylation sites is 2. The summed E-state index contributed by atoms with van der Waals surface area (Å²) in [4.78, 5) is 12.2. The van der Waals surface area contributed by atoms with Crippen LogP contribution < -0.4 is 15.4 Å². The molecule has 0 aliphatic carbocycles. The Labute approximate surface area is 152 Å². The lowest BCUT2D eigenvalue weighted by Crippen LogP contribution is -2.22. The lowest BCUT2D eigenvalue weighted by atomic mass is 10.3. The average Bonchev–Trinajstić information content (AvgIpc) is 2.57. The van der Waals surface area contributed by atoms with Gasteiger partial charge in [-0.25, -0.2) is 0 Å². The molecule has 0 aliphatic heterocycles. The Hall–Kier alpha value is -1.91. The first kappa shape index (κ1) is 18.4. The Morgan fingerprint density at radius 3 is 2.71 bits per heavy atom. The molecule has 2 N–H and O–H groups in total. The van der Waals surface area contributed by atoms with E-state index in [1.54, 1.807) is 18.2 Å². The number of carbonyl (C=O) groups is 1. The van der Waals surface area contributed by atoms with Crippen LogP contribution in [0.25, 0.3) is 0 Å². The van der Waals surface area contributed by atoms with Crippen LogP contribution in [-0.4, -0.2) is 19.1 Å². The van der Waals surface area contributed by atoms with E-state index in [0.717, 1.165) is 12.8 Å². The van der Waals surface area contributed by atoms with Gasteiger partial charge in [0.1, 0.15) is 5.75 Å². The van der Waals surface area contributed by atoms with Crippen LogP contribution in [0.2, 0.25) is 10.0 Å². The van der Waals surface area contributed by atoms with Gasteiger partial charge in [0, 0.05) is 5.02 Å². The second kappa shape index (κ2) is 9.40. The van der Waals surface area contributed by atoms with E-state index in [1.165, 1.54) is 0 Å². The van der Waals surface area contributed by atoms with Gasteiger partial charge >= 0.3 is 0 Å². The van der Waals surface area contributed by atoms with Gasteiger partial charge in [0.05, 0.1) is 29.5 Å². The molecule has 0 aliphatic rings. The Morgan fingerprint density at radius 1 is 1.12 bits per heavy atom. The molecule has 0 saturated carbocycles. The summed E-state index contributed by atoms with van der Waals surface area (Å²) in [6.07, 6.45) is 2.02. The molecule has 6 heteroatoms. The van der Waals surface area contributed by atoms with Crippen molar-refractivity contribution in [3.8, 4) is 5.75 Å². The molecular formula is C18H20Cl2N2O2. The summed E-state index contributed by atoms with van der Waals surface area (Å²) in [6, 6.07) is 12.4. The summed E-state index contributed by atoms with van der Waals surface area (Å²) in [5.74, 6) is 0.470. The van der Waals surface area contributed by atoms with Gasteiger partial charge in [-0.05, 0) is 36.8 Å². The lowest BCUT2D eigenvalue weighted by Gasteiger charge is -2.13. The molecule has 0 spiro atoms. The zero-order valence-electron chi connectivity index (χ0n) is 13.4. The van der Waals surface area contributed by atoms with Crippen molar-refractivity contribution in [1.82, 2.24) is 0 Å². The molecule has 1 amide bonds. The number of benzene rings is 2. The highest BCUT2D eigenvalue weighted by Gasteiger charge is 2.09. The van der Waals surface area contributed by atoms with Crippen molar-refractivity contribution in [3.05, 3.63) is 52.5 Å². The Morgan fingerprint density at radius 2 is 1.92 bits per heavy atom. The molecule has 0 aromatic heterocycles. The summed E-state index contributed by atoms with van der Waals surface area (Å²) < 4.78 is 5.70. The SMILES string of the molecule is CCCCOc1ccccc1NC(=O)CNc1cc(Cl)ccc1Cl.